The number of furan rings is 1. The third-order valence-corrected chi connectivity index (χ3v) is 4.54. The topological polar surface area (TPSA) is 95.6 Å². The van der Waals surface area contributed by atoms with Crippen molar-refractivity contribution in [2.75, 3.05) is 0 Å². The van der Waals surface area contributed by atoms with Crippen molar-refractivity contribution in [3.63, 3.8) is 0 Å². The van der Waals surface area contributed by atoms with Gasteiger partial charge in [0.2, 0.25) is 5.71 Å². The van der Waals surface area contributed by atoms with Crippen molar-refractivity contribution < 1.29 is 9.21 Å². The van der Waals surface area contributed by atoms with Crippen molar-refractivity contribution in [1.82, 2.24) is 9.55 Å². The van der Waals surface area contributed by atoms with Crippen molar-refractivity contribution in [1.29, 1.82) is 10.5 Å². The average Bonchev–Trinajstić information content (AvgIpc) is 3.24. The Morgan fingerprint density at radius 2 is 1.92 bits per heavy atom. The van der Waals surface area contributed by atoms with E-state index in [4.69, 9.17) is 4.42 Å². The van der Waals surface area contributed by atoms with Crippen LogP contribution in [-0.4, -0.2) is 15.3 Å². The second-order valence-corrected chi connectivity index (χ2v) is 5.96. The number of hydrogen-bond acceptors (Lipinski definition) is 5. The van der Waals surface area contributed by atoms with Gasteiger partial charge in [0.15, 0.2) is 5.78 Å². The van der Waals surface area contributed by atoms with E-state index in [9.17, 15) is 15.3 Å². The summed E-state index contributed by atoms with van der Waals surface area (Å²) >= 11 is 0. The van der Waals surface area contributed by atoms with Crippen molar-refractivity contribution >= 4 is 28.7 Å². The van der Waals surface area contributed by atoms with Gasteiger partial charge in [-0.25, -0.2) is 0 Å². The van der Waals surface area contributed by atoms with E-state index in [0.29, 0.717) is 28.2 Å². The smallest absolute Gasteiger partial charge is 0.245 e. The van der Waals surface area contributed by atoms with Crippen LogP contribution in [0, 0.1) is 29.6 Å². The molecule has 1 aliphatic rings. The second-order valence-electron chi connectivity index (χ2n) is 5.96. The molecular formula is C20H12N4O2. The molecule has 0 radical (unpaired) electrons. The SMILES string of the molecule is Cc1nc2oc(/C=C3\C(=O)c4ccccc4C3=C(C#N)C#N)cc2n1C. The Morgan fingerprint density at radius 3 is 2.58 bits per heavy atom. The summed E-state index contributed by atoms with van der Waals surface area (Å²) in [5, 5.41) is 18.6. The maximum absolute atomic E-state index is 12.8. The highest BCUT2D eigenvalue weighted by Gasteiger charge is 2.32. The van der Waals surface area contributed by atoms with Crippen molar-refractivity contribution in [3.8, 4) is 12.1 Å². The number of aromatic nitrogens is 2. The third kappa shape index (κ3) is 2.10. The first-order valence-corrected chi connectivity index (χ1v) is 7.88. The summed E-state index contributed by atoms with van der Waals surface area (Å²) in [5.41, 5.74) is 2.88. The molecule has 0 amide bonds. The van der Waals surface area contributed by atoms with Crippen LogP contribution < -0.4 is 0 Å². The van der Waals surface area contributed by atoms with Gasteiger partial charge in [0.1, 0.15) is 34.8 Å². The zero-order valence-electron chi connectivity index (χ0n) is 14.1. The maximum Gasteiger partial charge on any atom is 0.245 e. The van der Waals surface area contributed by atoms with E-state index < -0.39 is 0 Å². The Balaban J connectivity index is 1.95. The standard InChI is InChI=1S/C20H12N4O2/c1-11-23-20-17(24(11)2)8-13(26-20)7-16-18(12(9-21)10-22)14-5-3-4-6-15(14)19(16)25/h3-8H,1-2H3/b16-7-. The Labute approximate surface area is 148 Å². The number of imidazole rings is 1. The Hall–Kier alpha value is -3.90. The molecule has 1 aromatic carbocycles. The summed E-state index contributed by atoms with van der Waals surface area (Å²) in [6, 6.07) is 12.5. The minimum atomic E-state index is -0.233. The number of hydrogen-bond donors (Lipinski definition) is 0. The molecule has 2 aromatic heterocycles. The molecule has 0 aliphatic heterocycles. The Bertz CT molecular complexity index is 1220. The fraction of sp³-hybridized carbons (Fsp3) is 0.100. The summed E-state index contributed by atoms with van der Waals surface area (Å²) in [7, 11) is 1.88. The lowest BCUT2D eigenvalue weighted by Gasteiger charge is -2.00. The zero-order valence-corrected chi connectivity index (χ0v) is 14.1. The van der Waals surface area contributed by atoms with Gasteiger partial charge in [0.25, 0.3) is 0 Å². The molecule has 3 aromatic rings. The molecule has 26 heavy (non-hydrogen) atoms. The number of allylic oxidation sites excluding steroid dienone is 3. The highest BCUT2D eigenvalue weighted by Crippen LogP contribution is 2.40. The van der Waals surface area contributed by atoms with E-state index in [1.165, 1.54) is 0 Å². The lowest BCUT2D eigenvalue weighted by Crippen LogP contribution is -1.95. The van der Waals surface area contributed by atoms with Gasteiger partial charge in [-0.05, 0) is 18.6 Å². The number of fused-ring (bicyclic) bond motifs is 2. The molecule has 0 spiro atoms. The van der Waals surface area contributed by atoms with Crippen LogP contribution in [0.4, 0.5) is 0 Å². The molecule has 0 atom stereocenters. The minimum absolute atomic E-state index is 0.0976. The predicted octanol–water partition coefficient (Wildman–Crippen LogP) is 3.56. The zero-order chi connectivity index (χ0) is 18.4. The normalized spacial score (nSPS) is 14.5. The molecule has 0 fully saturated rings. The van der Waals surface area contributed by atoms with E-state index >= 15 is 0 Å². The Kier molecular flexibility index (Phi) is 3.35. The predicted molar refractivity (Wildman–Crippen MR) is 94.6 cm³/mol. The first kappa shape index (κ1) is 15.6. The molecule has 0 N–H and O–H groups in total. The number of ketones is 1. The molecule has 0 unspecified atom stereocenters. The Morgan fingerprint density at radius 1 is 1.23 bits per heavy atom. The number of rotatable bonds is 1. The molecular weight excluding hydrogens is 328 g/mol. The van der Waals surface area contributed by atoms with Gasteiger partial charge >= 0.3 is 0 Å². The maximum atomic E-state index is 12.8. The first-order chi connectivity index (χ1) is 12.5. The van der Waals surface area contributed by atoms with Crippen LogP contribution in [0.25, 0.3) is 22.9 Å². The van der Waals surface area contributed by atoms with Crippen molar-refractivity contribution in [3.05, 3.63) is 64.2 Å². The van der Waals surface area contributed by atoms with Crippen LogP contribution in [0.5, 0.6) is 0 Å². The molecule has 6 nitrogen and oxygen atoms in total. The molecule has 0 saturated heterocycles. The van der Waals surface area contributed by atoms with Gasteiger partial charge in [-0.15, -0.1) is 0 Å². The van der Waals surface area contributed by atoms with Crippen LogP contribution in [0.1, 0.15) is 27.5 Å². The molecule has 1 aliphatic carbocycles. The molecule has 0 bridgehead atoms. The molecule has 0 saturated carbocycles. The largest absolute Gasteiger partial charge is 0.437 e. The molecule has 2 heterocycles. The lowest BCUT2D eigenvalue weighted by molar-refractivity contribution is 0.104. The number of carbonyl (C=O) groups excluding carboxylic acids is 1. The minimum Gasteiger partial charge on any atom is -0.437 e. The second kappa shape index (κ2) is 5.58. The molecule has 4 rings (SSSR count). The van der Waals surface area contributed by atoms with Crippen LogP contribution in [0.15, 0.2) is 45.9 Å². The summed E-state index contributed by atoms with van der Waals surface area (Å²) < 4.78 is 7.61. The number of Topliss-reactive ketones (excluding diaryl/α,β-unsaturated/α-hetero) is 1. The van der Waals surface area contributed by atoms with E-state index in [1.54, 1.807) is 36.4 Å². The van der Waals surface area contributed by atoms with Crippen molar-refractivity contribution in [2.45, 2.75) is 6.92 Å². The summed E-state index contributed by atoms with van der Waals surface area (Å²) in [4.78, 5) is 17.2. The molecule has 6 heteroatoms. The molecule has 124 valence electrons. The number of benzene rings is 1. The number of nitriles is 2. The number of aryl methyl sites for hydroxylation is 2. The summed E-state index contributed by atoms with van der Waals surface area (Å²) in [6.07, 6.45) is 1.57. The van der Waals surface area contributed by atoms with Gasteiger partial charge in [-0.3, -0.25) is 4.79 Å². The third-order valence-electron chi connectivity index (χ3n) is 4.54. The summed E-state index contributed by atoms with van der Waals surface area (Å²) in [5.74, 6) is 1.03. The van der Waals surface area contributed by atoms with E-state index in [0.717, 1.165) is 11.3 Å². The van der Waals surface area contributed by atoms with E-state index in [1.807, 2.05) is 30.7 Å². The quantitative estimate of drug-likeness (QED) is 0.498. The average molecular weight is 340 g/mol. The van der Waals surface area contributed by atoms with Crippen LogP contribution in [0.3, 0.4) is 0 Å². The highest BCUT2D eigenvalue weighted by atomic mass is 16.3. The number of nitrogens with zero attached hydrogens (tertiary/aromatic N) is 4. The van der Waals surface area contributed by atoms with Gasteiger partial charge < -0.3 is 8.98 Å². The van der Waals surface area contributed by atoms with Gasteiger partial charge in [0, 0.05) is 29.8 Å². The summed E-state index contributed by atoms with van der Waals surface area (Å²) in [6.45, 7) is 1.87. The van der Waals surface area contributed by atoms with Crippen LogP contribution >= 0.6 is 0 Å². The fourth-order valence-electron chi connectivity index (χ4n) is 3.17. The van der Waals surface area contributed by atoms with Gasteiger partial charge in [0.05, 0.1) is 0 Å². The fourth-order valence-corrected chi connectivity index (χ4v) is 3.17. The van der Waals surface area contributed by atoms with Crippen LogP contribution in [0.2, 0.25) is 0 Å². The lowest BCUT2D eigenvalue weighted by atomic mass is 9.99. The van der Waals surface area contributed by atoms with Gasteiger partial charge in [-0.1, -0.05) is 24.3 Å². The monoisotopic (exact) mass is 340 g/mol. The van der Waals surface area contributed by atoms with Crippen LogP contribution in [-0.2, 0) is 7.05 Å². The van der Waals surface area contributed by atoms with E-state index in [2.05, 4.69) is 4.98 Å². The number of carbonyl (C=O) groups is 1. The van der Waals surface area contributed by atoms with Gasteiger partial charge in [-0.2, -0.15) is 15.5 Å². The first-order valence-electron chi connectivity index (χ1n) is 7.88. The highest BCUT2D eigenvalue weighted by molar-refractivity contribution is 6.29. The van der Waals surface area contributed by atoms with Crippen molar-refractivity contribution in [2.24, 2.45) is 7.05 Å². The van der Waals surface area contributed by atoms with E-state index in [-0.39, 0.29) is 16.9 Å².